The molecule has 1 aromatic carbocycles. The van der Waals surface area contributed by atoms with Gasteiger partial charge in [0.15, 0.2) is 0 Å². The molecule has 3 nitrogen and oxygen atoms in total. The first-order valence-corrected chi connectivity index (χ1v) is 6.07. The number of thiocarbonyl (C=S) groups is 1. The number of aromatic nitrogens is 2. The van der Waals surface area contributed by atoms with Crippen molar-refractivity contribution < 1.29 is 13.2 Å². The van der Waals surface area contributed by atoms with E-state index >= 15 is 0 Å². The van der Waals surface area contributed by atoms with E-state index in [-0.39, 0.29) is 32.6 Å². The lowest BCUT2D eigenvalue weighted by Gasteiger charge is -2.10. The summed E-state index contributed by atoms with van der Waals surface area (Å²) in [4.78, 5) is 3.43. The van der Waals surface area contributed by atoms with Crippen LogP contribution in [-0.2, 0) is 12.7 Å². The van der Waals surface area contributed by atoms with Crippen molar-refractivity contribution in [1.82, 2.24) is 9.55 Å². The largest absolute Gasteiger partial charge is 0.449 e. The summed E-state index contributed by atoms with van der Waals surface area (Å²) in [7, 11) is 0. The number of fused-ring (bicyclic) bond motifs is 1. The molecule has 9 heteroatoms. The quantitative estimate of drug-likeness (QED) is 0.856. The van der Waals surface area contributed by atoms with Crippen LogP contribution in [0.25, 0.3) is 11.0 Å². The van der Waals surface area contributed by atoms with E-state index in [2.05, 4.69) is 17.2 Å². The van der Waals surface area contributed by atoms with Crippen molar-refractivity contribution in [3.05, 3.63) is 28.0 Å². The molecule has 0 atom stereocenters. The van der Waals surface area contributed by atoms with Crippen molar-refractivity contribution in [2.24, 2.45) is 5.73 Å². The Hall–Kier alpha value is -1.05. The Labute approximate surface area is 121 Å². The SMILES string of the molecule is NC(=S)Cn1c(C(F)(F)F)nc2cc(Cl)c(Cl)cc21. The van der Waals surface area contributed by atoms with Gasteiger partial charge < -0.3 is 10.3 Å². The minimum absolute atomic E-state index is 0.0815. The predicted molar refractivity (Wildman–Crippen MR) is 71.5 cm³/mol. The first kappa shape index (κ1) is 14.4. The fourth-order valence-electron chi connectivity index (χ4n) is 1.65. The van der Waals surface area contributed by atoms with E-state index in [9.17, 15) is 13.2 Å². The Morgan fingerprint density at radius 1 is 1.32 bits per heavy atom. The number of hydrogen-bond donors (Lipinski definition) is 1. The van der Waals surface area contributed by atoms with E-state index in [0.717, 1.165) is 4.57 Å². The van der Waals surface area contributed by atoms with Crippen LogP contribution < -0.4 is 5.73 Å². The maximum Gasteiger partial charge on any atom is 0.449 e. The minimum atomic E-state index is -4.62. The van der Waals surface area contributed by atoms with Crippen LogP contribution in [0.15, 0.2) is 12.1 Å². The van der Waals surface area contributed by atoms with Gasteiger partial charge in [0.1, 0.15) is 0 Å². The van der Waals surface area contributed by atoms with E-state index in [0.29, 0.717) is 0 Å². The highest BCUT2D eigenvalue weighted by molar-refractivity contribution is 7.80. The number of alkyl halides is 3. The molecule has 102 valence electrons. The highest BCUT2D eigenvalue weighted by atomic mass is 35.5. The van der Waals surface area contributed by atoms with Crippen molar-refractivity contribution in [1.29, 1.82) is 0 Å². The van der Waals surface area contributed by atoms with Crippen LogP contribution in [0.1, 0.15) is 5.82 Å². The molecule has 2 rings (SSSR count). The van der Waals surface area contributed by atoms with Crippen molar-refractivity contribution >= 4 is 51.4 Å². The molecule has 0 saturated heterocycles. The third-order valence-corrected chi connectivity index (χ3v) is 3.21. The van der Waals surface area contributed by atoms with Crippen LogP contribution in [0, 0.1) is 0 Å². The molecular formula is C10H6Cl2F3N3S. The van der Waals surface area contributed by atoms with Gasteiger partial charge in [-0.1, -0.05) is 35.4 Å². The molecule has 0 bridgehead atoms. The van der Waals surface area contributed by atoms with E-state index in [1.165, 1.54) is 12.1 Å². The van der Waals surface area contributed by atoms with E-state index in [1.807, 2.05) is 0 Å². The number of nitrogens with two attached hydrogens (primary N) is 1. The fraction of sp³-hybridized carbons (Fsp3) is 0.200. The van der Waals surface area contributed by atoms with Crippen LogP contribution in [-0.4, -0.2) is 14.5 Å². The summed E-state index contributed by atoms with van der Waals surface area (Å²) in [5, 5.41) is 0.259. The van der Waals surface area contributed by atoms with Crippen LogP contribution >= 0.6 is 35.4 Å². The zero-order valence-corrected chi connectivity index (χ0v) is 11.5. The average molecular weight is 328 g/mol. The first-order chi connectivity index (χ1) is 8.70. The lowest BCUT2D eigenvalue weighted by molar-refractivity contribution is -0.146. The van der Waals surface area contributed by atoms with E-state index in [1.54, 1.807) is 0 Å². The second kappa shape index (κ2) is 4.81. The first-order valence-electron chi connectivity index (χ1n) is 4.91. The highest BCUT2D eigenvalue weighted by Gasteiger charge is 2.37. The van der Waals surface area contributed by atoms with Gasteiger partial charge in [0.25, 0.3) is 0 Å². The molecule has 0 aliphatic carbocycles. The van der Waals surface area contributed by atoms with Gasteiger partial charge >= 0.3 is 6.18 Å². The summed E-state index contributed by atoms with van der Waals surface area (Å²) >= 11 is 16.2. The summed E-state index contributed by atoms with van der Waals surface area (Å²) in [5.41, 5.74) is 5.57. The van der Waals surface area contributed by atoms with Crippen molar-refractivity contribution in [2.75, 3.05) is 0 Å². The van der Waals surface area contributed by atoms with Gasteiger partial charge in [0, 0.05) is 0 Å². The number of imidazole rings is 1. The Bertz CT molecular complexity index is 666. The maximum absolute atomic E-state index is 12.9. The molecular weight excluding hydrogens is 322 g/mol. The van der Waals surface area contributed by atoms with Crippen LogP contribution in [0.4, 0.5) is 13.2 Å². The molecule has 2 N–H and O–H groups in total. The second-order valence-corrected chi connectivity index (χ2v) is 5.08. The number of nitrogens with zero attached hydrogens (tertiary/aromatic N) is 2. The third-order valence-electron chi connectivity index (χ3n) is 2.36. The molecule has 0 amide bonds. The molecule has 0 aliphatic heterocycles. The Kier molecular flexibility index (Phi) is 3.63. The molecule has 1 aromatic heterocycles. The second-order valence-electron chi connectivity index (χ2n) is 3.74. The lowest BCUT2D eigenvalue weighted by Crippen LogP contribution is -2.22. The van der Waals surface area contributed by atoms with Crippen LogP contribution in [0.5, 0.6) is 0 Å². The van der Waals surface area contributed by atoms with Gasteiger partial charge in [-0.05, 0) is 12.1 Å². The summed E-state index contributed by atoms with van der Waals surface area (Å²) in [5.74, 6) is -1.09. The Balaban J connectivity index is 2.77. The standard InChI is InChI=1S/C10H6Cl2F3N3S/c11-4-1-6-7(2-5(4)12)18(3-8(16)19)9(17-6)10(13,14)15/h1-2H,3H2,(H2,16,19). The molecule has 19 heavy (non-hydrogen) atoms. The van der Waals surface area contributed by atoms with Crippen molar-refractivity contribution in [2.45, 2.75) is 12.7 Å². The lowest BCUT2D eigenvalue weighted by atomic mass is 10.3. The molecule has 0 aliphatic rings. The van der Waals surface area contributed by atoms with Gasteiger partial charge in [-0.25, -0.2) is 4.98 Å². The molecule has 2 aromatic rings. The van der Waals surface area contributed by atoms with E-state index in [4.69, 9.17) is 28.9 Å². The highest BCUT2D eigenvalue weighted by Crippen LogP contribution is 2.34. The van der Waals surface area contributed by atoms with Crippen molar-refractivity contribution in [3.63, 3.8) is 0 Å². The monoisotopic (exact) mass is 327 g/mol. The summed E-state index contributed by atoms with van der Waals surface area (Å²) < 4.78 is 39.6. The Morgan fingerprint density at radius 2 is 1.89 bits per heavy atom. The molecule has 0 spiro atoms. The van der Waals surface area contributed by atoms with Gasteiger partial charge in [0.2, 0.25) is 5.82 Å². The number of hydrogen-bond acceptors (Lipinski definition) is 2. The van der Waals surface area contributed by atoms with Gasteiger partial charge in [-0.3, -0.25) is 0 Å². The van der Waals surface area contributed by atoms with Gasteiger partial charge in [0.05, 0.1) is 32.6 Å². The smallest absolute Gasteiger partial charge is 0.392 e. The number of halogens is 5. The molecule has 0 unspecified atom stereocenters. The molecule has 0 radical (unpaired) electrons. The topological polar surface area (TPSA) is 43.8 Å². The summed E-state index contributed by atoms with van der Waals surface area (Å²) in [6.45, 7) is -0.279. The number of rotatable bonds is 2. The third kappa shape index (κ3) is 2.77. The Morgan fingerprint density at radius 3 is 2.42 bits per heavy atom. The zero-order valence-electron chi connectivity index (χ0n) is 9.13. The fourth-order valence-corrected chi connectivity index (χ4v) is 2.10. The maximum atomic E-state index is 12.9. The minimum Gasteiger partial charge on any atom is -0.392 e. The molecule has 0 fully saturated rings. The summed E-state index contributed by atoms with van der Waals surface area (Å²) in [6, 6.07) is 2.57. The van der Waals surface area contributed by atoms with Crippen LogP contribution in [0.3, 0.4) is 0 Å². The number of benzene rings is 1. The molecule has 1 heterocycles. The average Bonchev–Trinajstić information content (AvgIpc) is 2.57. The van der Waals surface area contributed by atoms with Crippen molar-refractivity contribution in [3.8, 4) is 0 Å². The summed E-state index contributed by atoms with van der Waals surface area (Å²) in [6.07, 6.45) is -4.62. The van der Waals surface area contributed by atoms with Crippen LogP contribution in [0.2, 0.25) is 10.0 Å². The van der Waals surface area contributed by atoms with Gasteiger partial charge in [-0.2, -0.15) is 13.2 Å². The van der Waals surface area contributed by atoms with Gasteiger partial charge in [-0.15, -0.1) is 0 Å². The van der Waals surface area contributed by atoms with E-state index < -0.39 is 12.0 Å². The zero-order chi connectivity index (χ0) is 14.4. The predicted octanol–water partition coefficient (Wildman–Crippen LogP) is 3.65. The normalized spacial score (nSPS) is 12.1. The molecule has 0 saturated carbocycles.